The molecular weight excluding hydrogens is 276 g/mol. The van der Waals surface area contributed by atoms with E-state index in [-0.39, 0.29) is 11.8 Å². The molecule has 1 spiro atoms. The maximum absolute atomic E-state index is 12.6. The normalized spacial score (nSPS) is 21.8. The molecule has 2 fully saturated rings. The zero-order valence-corrected chi connectivity index (χ0v) is 13.4. The Bertz CT molecular complexity index is 487. The van der Waals surface area contributed by atoms with Gasteiger partial charge in [0.05, 0.1) is 12.5 Å². The van der Waals surface area contributed by atoms with Gasteiger partial charge in [-0.3, -0.25) is 4.79 Å². The van der Waals surface area contributed by atoms with Gasteiger partial charge >= 0.3 is 0 Å². The highest BCUT2D eigenvalue weighted by Crippen LogP contribution is 2.37. The topological polar surface area (TPSA) is 41.6 Å². The van der Waals surface area contributed by atoms with Crippen molar-refractivity contribution in [2.45, 2.75) is 26.2 Å². The second-order valence-electron chi connectivity index (χ2n) is 6.78. The molecule has 1 aromatic rings. The molecule has 2 saturated heterocycles. The second kappa shape index (κ2) is 6.69. The van der Waals surface area contributed by atoms with Crippen molar-refractivity contribution < 1.29 is 9.53 Å². The summed E-state index contributed by atoms with van der Waals surface area (Å²) in [5.74, 6) is 0.976. The minimum absolute atomic E-state index is 0.0871. The first-order chi connectivity index (χ1) is 10.7. The predicted molar refractivity (Wildman–Crippen MR) is 86.8 cm³/mol. The van der Waals surface area contributed by atoms with Crippen LogP contribution in [0.2, 0.25) is 0 Å². The number of amides is 1. The molecule has 1 N–H and O–H groups in total. The zero-order chi connectivity index (χ0) is 15.4. The fraction of sp³-hybridized carbons (Fsp3) is 0.611. The van der Waals surface area contributed by atoms with Crippen LogP contribution in [0.15, 0.2) is 30.3 Å². The molecule has 0 bridgehead atoms. The van der Waals surface area contributed by atoms with E-state index in [0.717, 1.165) is 44.8 Å². The van der Waals surface area contributed by atoms with Crippen LogP contribution < -0.4 is 10.1 Å². The van der Waals surface area contributed by atoms with Crippen LogP contribution in [-0.2, 0) is 4.79 Å². The van der Waals surface area contributed by atoms with Crippen LogP contribution in [-0.4, -0.2) is 43.6 Å². The molecule has 1 amide bonds. The molecule has 0 aromatic heterocycles. The monoisotopic (exact) mass is 302 g/mol. The molecule has 4 heteroatoms. The van der Waals surface area contributed by atoms with Gasteiger partial charge in [0.25, 0.3) is 0 Å². The van der Waals surface area contributed by atoms with Crippen LogP contribution in [0.5, 0.6) is 5.75 Å². The van der Waals surface area contributed by atoms with Gasteiger partial charge in [-0.15, -0.1) is 0 Å². The third-order valence-corrected chi connectivity index (χ3v) is 5.13. The van der Waals surface area contributed by atoms with E-state index in [1.54, 1.807) is 0 Å². The van der Waals surface area contributed by atoms with Gasteiger partial charge in [0.2, 0.25) is 5.91 Å². The van der Waals surface area contributed by atoms with E-state index >= 15 is 0 Å². The van der Waals surface area contributed by atoms with Crippen LogP contribution in [0, 0.1) is 11.3 Å². The second-order valence-corrected chi connectivity index (χ2v) is 6.78. The lowest BCUT2D eigenvalue weighted by Gasteiger charge is -2.39. The third-order valence-electron chi connectivity index (χ3n) is 5.13. The molecule has 22 heavy (non-hydrogen) atoms. The van der Waals surface area contributed by atoms with Gasteiger partial charge in [-0.1, -0.05) is 25.1 Å². The highest BCUT2D eigenvalue weighted by atomic mass is 16.5. The number of ether oxygens (including phenoxy) is 1. The lowest BCUT2D eigenvalue weighted by molar-refractivity contribution is -0.138. The van der Waals surface area contributed by atoms with E-state index in [1.165, 1.54) is 6.42 Å². The number of hydrogen-bond donors (Lipinski definition) is 1. The maximum Gasteiger partial charge on any atom is 0.228 e. The smallest absolute Gasteiger partial charge is 0.228 e. The predicted octanol–water partition coefficient (Wildman–Crippen LogP) is 2.30. The molecule has 1 unspecified atom stereocenters. The van der Waals surface area contributed by atoms with Gasteiger partial charge in [0.15, 0.2) is 0 Å². The van der Waals surface area contributed by atoms with Crippen molar-refractivity contribution in [3.63, 3.8) is 0 Å². The summed E-state index contributed by atoms with van der Waals surface area (Å²) in [7, 11) is 0. The van der Waals surface area contributed by atoms with Crippen molar-refractivity contribution >= 4 is 5.91 Å². The molecule has 2 heterocycles. The van der Waals surface area contributed by atoms with Crippen LogP contribution in [0.25, 0.3) is 0 Å². The van der Waals surface area contributed by atoms with E-state index in [0.29, 0.717) is 12.0 Å². The molecule has 0 saturated carbocycles. The molecular formula is C18H26N2O2. The highest BCUT2D eigenvalue weighted by molar-refractivity contribution is 5.78. The minimum atomic E-state index is -0.0871. The van der Waals surface area contributed by atoms with Crippen LogP contribution in [0.4, 0.5) is 0 Å². The van der Waals surface area contributed by atoms with Crippen molar-refractivity contribution in [2.75, 3.05) is 32.8 Å². The lowest BCUT2D eigenvalue weighted by Crippen LogP contribution is -2.46. The Morgan fingerprint density at radius 2 is 2.00 bits per heavy atom. The summed E-state index contributed by atoms with van der Waals surface area (Å²) < 4.78 is 5.72. The van der Waals surface area contributed by atoms with Gasteiger partial charge in [-0.2, -0.15) is 0 Å². The van der Waals surface area contributed by atoms with Crippen LogP contribution in [0.3, 0.4) is 0 Å². The number of rotatable bonds is 4. The Morgan fingerprint density at radius 3 is 2.64 bits per heavy atom. The number of carbonyl (C=O) groups is 1. The Kier molecular flexibility index (Phi) is 4.67. The number of benzene rings is 1. The summed E-state index contributed by atoms with van der Waals surface area (Å²) in [5.41, 5.74) is 0.459. The maximum atomic E-state index is 12.6. The third kappa shape index (κ3) is 3.43. The van der Waals surface area contributed by atoms with E-state index < -0.39 is 0 Å². The molecule has 0 radical (unpaired) electrons. The van der Waals surface area contributed by atoms with Crippen LogP contribution in [0.1, 0.15) is 26.2 Å². The first-order valence-electron chi connectivity index (χ1n) is 8.36. The molecule has 2 aliphatic rings. The molecule has 2 aliphatic heterocycles. The number of likely N-dealkylation sites (tertiary alicyclic amines) is 1. The average Bonchev–Trinajstić information content (AvgIpc) is 3.02. The SMILES string of the molecule is CC(COc1ccccc1)C(=O)N1CCC2(CCNC2)CC1. The summed E-state index contributed by atoms with van der Waals surface area (Å²) in [5, 5.41) is 3.46. The number of nitrogens with one attached hydrogen (secondary N) is 1. The summed E-state index contributed by atoms with van der Waals surface area (Å²) in [6.45, 7) is 6.47. The zero-order valence-electron chi connectivity index (χ0n) is 13.4. The van der Waals surface area contributed by atoms with E-state index in [2.05, 4.69) is 5.32 Å². The Morgan fingerprint density at radius 1 is 1.27 bits per heavy atom. The largest absolute Gasteiger partial charge is 0.493 e. The molecule has 0 aliphatic carbocycles. The molecule has 120 valence electrons. The van der Waals surface area contributed by atoms with E-state index in [4.69, 9.17) is 4.74 Å². The quantitative estimate of drug-likeness (QED) is 0.928. The van der Waals surface area contributed by atoms with Gasteiger partial charge in [0, 0.05) is 19.6 Å². The molecule has 1 aromatic carbocycles. The summed E-state index contributed by atoms with van der Waals surface area (Å²) in [4.78, 5) is 14.6. The Labute approximate surface area is 132 Å². The van der Waals surface area contributed by atoms with Gasteiger partial charge in [-0.05, 0) is 43.4 Å². The number of hydrogen-bond acceptors (Lipinski definition) is 3. The first kappa shape index (κ1) is 15.3. The van der Waals surface area contributed by atoms with E-state index in [1.807, 2.05) is 42.2 Å². The van der Waals surface area contributed by atoms with Crippen molar-refractivity contribution in [1.82, 2.24) is 10.2 Å². The van der Waals surface area contributed by atoms with Crippen LogP contribution >= 0.6 is 0 Å². The van der Waals surface area contributed by atoms with Gasteiger partial charge in [-0.25, -0.2) is 0 Å². The Balaban J connectivity index is 1.47. The summed E-state index contributed by atoms with van der Waals surface area (Å²) >= 11 is 0. The fourth-order valence-corrected chi connectivity index (χ4v) is 3.54. The number of piperidine rings is 1. The van der Waals surface area contributed by atoms with Gasteiger partial charge < -0.3 is 15.0 Å². The minimum Gasteiger partial charge on any atom is -0.493 e. The van der Waals surface area contributed by atoms with Crippen molar-refractivity contribution in [1.29, 1.82) is 0 Å². The van der Waals surface area contributed by atoms with Crippen molar-refractivity contribution in [2.24, 2.45) is 11.3 Å². The van der Waals surface area contributed by atoms with E-state index in [9.17, 15) is 4.79 Å². The summed E-state index contributed by atoms with van der Waals surface area (Å²) in [6.07, 6.45) is 3.54. The standard InChI is InChI=1S/C18H26N2O2/c1-15(13-22-16-5-3-2-4-6-16)17(21)20-11-8-18(9-12-20)7-10-19-14-18/h2-6,15,19H,7-14H2,1H3. The van der Waals surface area contributed by atoms with Crippen molar-refractivity contribution in [3.05, 3.63) is 30.3 Å². The first-order valence-corrected chi connectivity index (χ1v) is 8.36. The number of para-hydroxylation sites is 1. The lowest BCUT2D eigenvalue weighted by atomic mass is 9.77. The molecule has 1 atom stereocenters. The molecule has 4 nitrogen and oxygen atoms in total. The average molecular weight is 302 g/mol. The Hall–Kier alpha value is -1.55. The van der Waals surface area contributed by atoms with Crippen molar-refractivity contribution in [3.8, 4) is 5.75 Å². The fourth-order valence-electron chi connectivity index (χ4n) is 3.54. The number of nitrogens with zero attached hydrogens (tertiary/aromatic N) is 1. The number of carbonyl (C=O) groups excluding carboxylic acids is 1. The summed E-state index contributed by atoms with van der Waals surface area (Å²) in [6, 6.07) is 9.70. The van der Waals surface area contributed by atoms with Gasteiger partial charge in [0.1, 0.15) is 5.75 Å². The highest BCUT2D eigenvalue weighted by Gasteiger charge is 2.38. The molecule has 3 rings (SSSR count).